The van der Waals surface area contributed by atoms with Gasteiger partial charge in [0.2, 0.25) is 0 Å². The van der Waals surface area contributed by atoms with Gasteiger partial charge in [0.25, 0.3) is 0 Å². The quantitative estimate of drug-likeness (QED) is 0.717. The van der Waals surface area contributed by atoms with Crippen molar-refractivity contribution in [1.82, 2.24) is 0 Å². The number of hydrogen-bond acceptors (Lipinski definition) is 6. The second-order valence-corrected chi connectivity index (χ2v) is 8.24. The lowest BCUT2D eigenvalue weighted by molar-refractivity contribution is -0.273. The Morgan fingerprint density at radius 1 is 1.25 bits per heavy atom. The number of carbonyl (C=O) groups is 1. The molecule has 0 aromatic rings. The van der Waals surface area contributed by atoms with Crippen molar-refractivity contribution in [3.63, 3.8) is 0 Å². The summed E-state index contributed by atoms with van der Waals surface area (Å²) in [5.74, 6) is 0.280. The second-order valence-electron chi connectivity index (χ2n) is 8.24. The summed E-state index contributed by atoms with van der Waals surface area (Å²) in [6.07, 6.45) is 0.261. The number of ether oxygens (including phenoxy) is 3. The third kappa shape index (κ3) is 5.69. The van der Waals surface area contributed by atoms with E-state index in [1.165, 1.54) is 0 Å². The zero-order valence-electron chi connectivity index (χ0n) is 15.4. The van der Waals surface area contributed by atoms with Gasteiger partial charge < -0.3 is 24.4 Å². The molecule has 2 N–H and O–H groups in total. The first-order valence-corrected chi connectivity index (χ1v) is 8.96. The Hall–Kier alpha value is -0.690. The topological polar surface area (TPSA) is 85.2 Å². The van der Waals surface area contributed by atoms with Gasteiger partial charge >= 0.3 is 5.97 Å². The van der Waals surface area contributed by atoms with Crippen LogP contribution in [0.3, 0.4) is 0 Å². The molecular weight excluding hydrogens is 312 g/mol. The van der Waals surface area contributed by atoms with Crippen LogP contribution in [0.25, 0.3) is 0 Å². The van der Waals surface area contributed by atoms with Gasteiger partial charge in [-0.05, 0) is 59.8 Å². The summed E-state index contributed by atoms with van der Waals surface area (Å²) in [4.78, 5) is 12.0. The fourth-order valence-corrected chi connectivity index (χ4v) is 3.04. The van der Waals surface area contributed by atoms with Gasteiger partial charge in [0.15, 0.2) is 6.29 Å². The smallest absolute Gasteiger partial charge is 0.309 e. The molecule has 7 atom stereocenters. The van der Waals surface area contributed by atoms with Gasteiger partial charge in [0.1, 0.15) is 11.7 Å². The predicted octanol–water partition coefficient (Wildman–Crippen LogP) is 2.01. The monoisotopic (exact) mass is 344 g/mol. The number of aliphatic hydroxyl groups excluding tert-OH is 2. The molecule has 0 amide bonds. The van der Waals surface area contributed by atoms with Crippen molar-refractivity contribution in [2.24, 2.45) is 11.8 Å². The summed E-state index contributed by atoms with van der Waals surface area (Å²) in [7, 11) is 0. The third-order valence-electron chi connectivity index (χ3n) is 4.63. The van der Waals surface area contributed by atoms with Gasteiger partial charge in [-0.15, -0.1) is 0 Å². The zero-order valence-corrected chi connectivity index (χ0v) is 15.4. The molecule has 1 saturated carbocycles. The SMILES string of the molecule is C[C@H](CCC1CC1C(=O)OC(C)(C)C)OC1O[C@@H](C)C(O)C[C@H]1O. The van der Waals surface area contributed by atoms with E-state index in [1.807, 2.05) is 27.7 Å². The van der Waals surface area contributed by atoms with Gasteiger partial charge in [-0.25, -0.2) is 0 Å². The first kappa shape index (κ1) is 19.6. The summed E-state index contributed by atoms with van der Waals surface area (Å²) in [6.45, 7) is 9.35. The Kier molecular flexibility index (Phi) is 6.29. The van der Waals surface area contributed by atoms with Crippen LogP contribution in [-0.2, 0) is 19.0 Å². The lowest BCUT2D eigenvalue weighted by Gasteiger charge is -2.36. The van der Waals surface area contributed by atoms with Crippen LogP contribution < -0.4 is 0 Å². The molecule has 2 rings (SSSR count). The number of aliphatic hydroxyl groups is 2. The van der Waals surface area contributed by atoms with Gasteiger partial charge in [0, 0.05) is 6.42 Å². The van der Waals surface area contributed by atoms with Crippen molar-refractivity contribution in [2.45, 2.75) is 96.6 Å². The lowest BCUT2D eigenvalue weighted by Crippen LogP contribution is -2.48. The molecule has 24 heavy (non-hydrogen) atoms. The zero-order chi connectivity index (χ0) is 18.1. The molecule has 140 valence electrons. The van der Waals surface area contributed by atoms with Crippen molar-refractivity contribution in [1.29, 1.82) is 0 Å². The average molecular weight is 344 g/mol. The molecule has 4 unspecified atom stereocenters. The molecule has 2 fully saturated rings. The molecule has 0 spiro atoms. The maximum absolute atomic E-state index is 12.0. The first-order valence-electron chi connectivity index (χ1n) is 8.96. The van der Waals surface area contributed by atoms with Crippen molar-refractivity contribution in [3.05, 3.63) is 0 Å². The van der Waals surface area contributed by atoms with E-state index in [0.717, 1.165) is 19.3 Å². The lowest BCUT2D eigenvalue weighted by atomic mass is 10.0. The van der Waals surface area contributed by atoms with E-state index in [1.54, 1.807) is 6.92 Å². The summed E-state index contributed by atoms with van der Waals surface area (Å²) < 4.78 is 16.7. The summed E-state index contributed by atoms with van der Waals surface area (Å²) in [5, 5.41) is 19.6. The summed E-state index contributed by atoms with van der Waals surface area (Å²) in [5.41, 5.74) is -0.434. The second kappa shape index (κ2) is 7.68. The highest BCUT2D eigenvalue weighted by molar-refractivity contribution is 5.76. The standard InChI is InChI=1S/C18H32O6/c1-10(22-17-15(20)9-14(19)11(2)23-17)6-7-12-8-13(12)16(21)24-18(3,4)5/h10-15,17,19-20H,6-9H2,1-5H3/t10-,11+,12?,13?,14?,15-,17?/m1/s1. The number of esters is 1. The Balaban J connectivity index is 1.67. The van der Waals surface area contributed by atoms with E-state index >= 15 is 0 Å². The van der Waals surface area contributed by atoms with Crippen molar-refractivity contribution >= 4 is 5.97 Å². The summed E-state index contributed by atoms with van der Waals surface area (Å²) >= 11 is 0. The largest absolute Gasteiger partial charge is 0.460 e. The van der Waals surface area contributed by atoms with E-state index in [2.05, 4.69) is 0 Å². The van der Waals surface area contributed by atoms with Gasteiger partial charge in [-0.3, -0.25) is 4.79 Å². The van der Waals surface area contributed by atoms with Gasteiger partial charge in [-0.2, -0.15) is 0 Å². The van der Waals surface area contributed by atoms with Gasteiger partial charge in [-0.1, -0.05) is 0 Å². The van der Waals surface area contributed by atoms with E-state index in [9.17, 15) is 15.0 Å². The van der Waals surface area contributed by atoms with Crippen LogP contribution in [-0.4, -0.2) is 52.5 Å². The Morgan fingerprint density at radius 3 is 2.54 bits per heavy atom. The molecule has 0 aromatic carbocycles. The van der Waals surface area contributed by atoms with Crippen LogP contribution >= 0.6 is 0 Å². The molecule has 1 saturated heterocycles. The van der Waals surface area contributed by atoms with Crippen LogP contribution in [0.2, 0.25) is 0 Å². The van der Waals surface area contributed by atoms with E-state index in [4.69, 9.17) is 14.2 Å². The minimum absolute atomic E-state index is 0.0168. The highest BCUT2D eigenvalue weighted by Crippen LogP contribution is 2.44. The van der Waals surface area contributed by atoms with Crippen LogP contribution in [0, 0.1) is 11.8 Å². The Labute approximate surface area is 144 Å². The molecule has 2 aliphatic rings. The molecule has 6 heteroatoms. The highest BCUT2D eigenvalue weighted by atomic mass is 16.7. The summed E-state index contributed by atoms with van der Waals surface area (Å²) in [6, 6.07) is 0. The van der Waals surface area contributed by atoms with Crippen LogP contribution in [0.4, 0.5) is 0 Å². The fraction of sp³-hybridized carbons (Fsp3) is 0.944. The number of hydrogen-bond donors (Lipinski definition) is 2. The maximum atomic E-state index is 12.0. The molecule has 0 radical (unpaired) electrons. The molecule has 0 aromatic heterocycles. The van der Waals surface area contributed by atoms with Gasteiger partial charge in [0.05, 0.1) is 24.2 Å². The minimum Gasteiger partial charge on any atom is -0.460 e. The minimum atomic E-state index is -0.811. The fourth-order valence-electron chi connectivity index (χ4n) is 3.04. The van der Waals surface area contributed by atoms with Crippen LogP contribution in [0.5, 0.6) is 0 Å². The van der Waals surface area contributed by atoms with E-state index < -0.39 is 24.1 Å². The Bertz CT molecular complexity index is 432. The number of rotatable bonds is 6. The van der Waals surface area contributed by atoms with Crippen molar-refractivity contribution in [3.8, 4) is 0 Å². The first-order chi connectivity index (χ1) is 11.1. The van der Waals surface area contributed by atoms with Crippen molar-refractivity contribution in [2.75, 3.05) is 0 Å². The normalized spacial score (nSPS) is 37.8. The molecule has 1 aliphatic heterocycles. The molecule has 1 heterocycles. The molecule has 6 nitrogen and oxygen atoms in total. The Morgan fingerprint density at radius 2 is 1.92 bits per heavy atom. The van der Waals surface area contributed by atoms with Crippen molar-refractivity contribution < 1.29 is 29.2 Å². The molecule has 1 aliphatic carbocycles. The molecular formula is C18H32O6. The molecule has 0 bridgehead atoms. The van der Waals surface area contributed by atoms with Crippen LogP contribution in [0.15, 0.2) is 0 Å². The average Bonchev–Trinajstić information content (AvgIpc) is 3.20. The van der Waals surface area contributed by atoms with E-state index in [0.29, 0.717) is 5.92 Å². The third-order valence-corrected chi connectivity index (χ3v) is 4.63. The van der Waals surface area contributed by atoms with Crippen LogP contribution in [0.1, 0.15) is 60.3 Å². The maximum Gasteiger partial charge on any atom is 0.309 e. The van der Waals surface area contributed by atoms with E-state index in [-0.39, 0.29) is 30.5 Å². The number of carbonyl (C=O) groups excluding carboxylic acids is 1. The predicted molar refractivity (Wildman–Crippen MR) is 88.2 cm³/mol. The highest BCUT2D eigenvalue weighted by Gasteiger charge is 2.45.